The maximum Gasteiger partial charge on any atom is 0.250 e. The quantitative estimate of drug-likeness (QED) is 0.345. The molecule has 41 heavy (non-hydrogen) atoms. The van der Waals surface area contributed by atoms with E-state index < -0.39 is 11.0 Å². The lowest BCUT2D eigenvalue weighted by Gasteiger charge is -2.51. The third kappa shape index (κ3) is 3.20. The van der Waals surface area contributed by atoms with Crippen LogP contribution in [0.5, 0.6) is 0 Å². The number of Topliss-reactive ketones (excluding diaryl/α,β-unsaturated/α-hetero) is 1. The fourth-order valence-corrected chi connectivity index (χ4v) is 10.2. The Balaban J connectivity index is 1.44. The van der Waals surface area contributed by atoms with Crippen LogP contribution in [-0.4, -0.2) is 28.7 Å². The maximum absolute atomic E-state index is 15.5. The Kier molecular flexibility index (Phi) is 5.69. The fourth-order valence-electron chi connectivity index (χ4n) is 10.2. The van der Waals surface area contributed by atoms with E-state index in [0.717, 1.165) is 48.1 Å². The van der Waals surface area contributed by atoms with E-state index in [1.807, 2.05) is 30.3 Å². The molecule has 208 valence electrons. The number of hydrogen-bond acceptors (Lipinski definition) is 3. The van der Waals surface area contributed by atoms with E-state index in [4.69, 9.17) is 0 Å². The molecule has 0 aromatic heterocycles. The largest absolute Gasteiger partial charge is 0.324 e. The van der Waals surface area contributed by atoms with Gasteiger partial charge in [-0.05, 0) is 72.8 Å². The Hall–Kier alpha value is -3.50. The molecule has 4 heteroatoms. The summed E-state index contributed by atoms with van der Waals surface area (Å²) in [6, 6.07) is 29.6. The molecular formula is C37H38N2O2. The van der Waals surface area contributed by atoms with Crippen LogP contribution in [0.3, 0.4) is 0 Å². The van der Waals surface area contributed by atoms with Gasteiger partial charge >= 0.3 is 0 Å². The van der Waals surface area contributed by atoms with Gasteiger partial charge in [0, 0.05) is 29.3 Å². The molecule has 0 bridgehead atoms. The molecule has 3 aliphatic heterocycles. The number of para-hydroxylation sites is 1. The summed E-state index contributed by atoms with van der Waals surface area (Å²) in [7, 11) is 0. The first-order valence-corrected chi connectivity index (χ1v) is 15.6. The first-order valence-electron chi connectivity index (χ1n) is 15.6. The molecule has 2 spiro atoms. The van der Waals surface area contributed by atoms with Gasteiger partial charge in [-0.2, -0.15) is 0 Å². The second-order valence-corrected chi connectivity index (χ2v) is 13.1. The standard InChI is InChI=1S/C37H38N2O2/c1-24-28-18-8-11-21-31(28)39-33(24)32(26-15-6-3-7-16-26)36(37(39)29-19-9-10-20-30(29)38-35(37)41)22-12-17-27(34(36)40)23-25-13-4-2-5-14-25/h2-7,9-10,13-16,19-20,23-24,28,31-33H,8,11-12,17-18,21-22H2,1H3,(H,38,41)/b27-23+/t24-,28+,31+,32-,33-,36-,37-/m1/s1. The van der Waals surface area contributed by atoms with E-state index in [1.54, 1.807) is 0 Å². The van der Waals surface area contributed by atoms with Gasteiger partial charge in [0.2, 0.25) is 0 Å². The molecule has 8 rings (SSSR count). The van der Waals surface area contributed by atoms with Crippen LogP contribution in [0.1, 0.15) is 74.5 Å². The Morgan fingerprint density at radius 3 is 2.37 bits per heavy atom. The van der Waals surface area contributed by atoms with Gasteiger partial charge in [-0.3, -0.25) is 14.5 Å². The first kappa shape index (κ1) is 25.2. The molecule has 0 radical (unpaired) electrons. The maximum atomic E-state index is 15.5. The van der Waals surface area contributed by atoms with Crippen LogP contribution in [0.2, 0.25) is 0 Å². The van der Waals surface area contributed by atoms with Crippen LogP contribution in [0.4, 0.5) is 5.69 Å². The Morgan fingerprint density at radius 1 is 0.854 bits per heavy atom. The van der Waals surface area contributed by atoms with Crippen molar-refractivity contribution in [1.29, 1.82) is 0 Å². The minimum Gasteiger partial charge on any atom is -0.324 e. The van der Waals surface area contributed by atoms with E-state index in [0.29, 0.717) is 17.9 Å². The van der Waals surface area contributed by atoms with Gasteiger partial charge in [-0.25, -0.2) is 0 Å². The lowest BCUT2D eigenvalue weighted by atomic mass is 9.51. The van der Waals surface area contributed by atoms with Crippen molar-refractivity contribution in [2.45, 2.75) is 75.4 Å². The number of fused-ring (bicyclic) bond motifs is 7. The summed E-state index contributed by atoms with van der Waals surface area (Å²) in [5, 5.41) is 3.33. The highest BCUT2D eigenvalue weighted by Crippen LogP contribution is 2.73. The number of rotatable bonds is 2. The van der Waals surface area contributed by atoms with Crippen molar-refractivity contribution in [3.05, 3.63) is 107 Å². The SMILES string of the molecule is C[C@@H]1[C@@H]2CCCC[C@@H]2N2[C@H]1[C@@H](c1ccccc1)[C@@]1(CCC/C(=C\c3ccccc3)C1=O)[C@@]21C(=O)Nc2ccccc21. The average molecular weight is 543 g/mol. The number of carbonyl (C=O) groups is 2. The zero-order valence-electron chi connectivity index (χ0n) is 23.8. The number of benzene rings is 3. The number of ketones is 1. The summed E-state index contributed by atoms with van der Waals surface area (Å²) in [4.78, 5) is 33.0. The Morgan fingerprint density at radius 2 is 1.56 bits per heavy atom. The highest BCUT2D eigenvalue weighted by atomic mass is 16.2. The van der Waals surface area contributed by atoms with Gasteiger partial charge in [0.05, 0.1) is 5.41 Å². The number of amides is 1. The number of hydrogen-bond donors (Lipinski definition) is 1. The molecule has 2 saturated carbocycles. The van der Waals surface area contributed by atoms with Crippen molar-refractivity contribution in [1.82, 2.24) is 4.90 Å². The van der Waals surface area contributed by atoms with Gasteiger partial charge in [-0.1, -0.05) is 98.6 Å². The molecule has 4 fully saturated rings. The first-order chi connectivity index (χ1) is 20.1. The van der Waals surface area contributed by atoms with E-state index in [-0.39, 0.29) is 23.7 Å². The summed E-state index contributed by atoms with van der Waals surface area (Å²) < 4.78 is 0. The van der Waals surface area contributed by atoms with Gasteiger partial charge in [0.15, 0.2) is 5.78 Å². The summed E-state index contributed by atoms with van der Waals surface area (Å²) >= 11 is 0. The second-order valence-electron chi connectivity index (χ2n) is 13.1. The van der Waals surface area contributed by atoms with Crippen molar-refractivity contribution in [2.75, 3.05) is 5.32 Å². The zero-order valence-corrected chi connectivity index (χ0v) is 23.8. The van der Waals surface area contributed by atoms with Gasteiger partial charge < -0.3 is 5.32 Å². The third-order valence-electron chi connectivity index (χ3n) is 11.5. The van der Waals surface area contributed by atoms with Crippen LogP contribution in [0.15, 0.2) is 90.5 Å². The fraction of sp³-hybridized carbons (Fsp3) is 0.405. The molecule has 1 N–H and O–H groups in total. The number of anilines is 1. The number of nitrogens with one attached hydrogen (secondary N) is 1. The molecule has 5 aliphatic rings. The molecule has 3 heterocycles. The van der Waals surface area contributed by atoms with E-state index in [1.165, 1.54) is 24.8 Å². The number of nitrogens with zero attached hydrogens (tertiary/aromatic N) is 1. The number of carbonyl (C=O) groups excluding carboxylic acids is 2. The molecule has 3 aromatic rings. The summed E-state index contributed by atoms with van der Waals surface area (Å²) in [5.41, 5.74) is 3.11. The van der Waals surface area contributed by atoms with Crippen molar-refractivity contribution in [3.63, 3.8) is 0 Å². The van der Waals surface area contributed by atoms with Crippen molar-refractivity contribution < 1.29 is 9.59 Å². The van der Waals surface area contributed by atoms with Crippen LogP contribution in [-0.2, 0) is 15.1 Å². The monoisotopic (exact) mass is 542 g/mol. The van der Waals surface area contributed by atoms with Crippen molar-refractivity contribution in [3.8, 4) is 0 Å². The smallest absolute Gasteiger partial charge is 0.250 e. The molecular weight excluding hydrogens is 504 g/mol. The predicted octanol–water partition coefficient (Wildman–Crippen LogP) is 7.33. The van der Waals surface area contributed by atoms with E-state index in [9.17, 15) is 4.79 Å². The Labute approximate surface area is 242 Å². The second kappa shape index (κ2) is 9.25. The normalized spacial score (nSPS) is 36.9. The molecule has 2 aliphatic carbocycles. The predicted molar refractivity (Wildman–Crippen MR) is 162 cm³/mol. The Bertz CT molecular complexity index is 1550. The third-order valence-corrected chi connectivity index (χ3v) is 11.5. The van der Waals surface area contributed by atoms with Crippen LogP contribution < -0.4 is 5.32 Å². The summed E-state index contributed by atoms with van der Waals surface area (Å²) in [5.74, 6) is 1.08. The average Bonchev–Trinajstić information content (AvgIpc) is 3.57. The minimum atomic E-state index is -1.02. The lowest BCUT2D eigenvalue weighted by Crippen LogP contribution is -2.63. The van der Waals surface area contributed by atoms with E-state index in [2.05, 4.69) is 77.8 Å². The minimum absolute atomic E-state index is 0.00913. The topological polar surface area (TPSA) is 49.4 Å². The van der Waals surface area contributed by atoms with Gasteiger partial charge in [-0.15, -0.1) is 0 Å². The van der Waals surface area contributed by atoms with Crippen molar-refractivity contribution in [2.24, 2.45) is 17.3 Å². The molecule has 4 nitrogen and oxygen atoms in total. The molecule has 2 saturated heterocycles. The highest BCUT2D eigenvalue weighted by molar-refractivity contribution is 6.15. The molecule has 7 atom stereocenters. The van der Waals surface area contributed by atoms with E-state index >= 15 is 4.79 Å². The molecule has 3 aromatic carbocycles. The van der Waals surface area contributed by atoms with Crippen LogP contribution in [0, 0.1) is 17.3 Å². The van der Waals surface area contributed by atoms with Crippen LogP contribution >= 0.6 is 0 Å². The zero-order chi connectivity index (χ0) is 27.8. The van der Waals surface area contributed by atoms with Crippen LogP contribution in [0.25, 0.3) is 6.08 Å². The molecule has 1 amide bonds. The summed E-state index contributed by atoms with van der Waals surface area (Å²) in [6.07, 6.45) is 9.22. The van der Waals surface area contributed by atoms with Gasteiger partial charge in [0.1, 0.15) is 5.54 Å². The van der Waals surface area contributed by atoms with Crippen molar-refractivity contribution >= 4 is 23.5 Å². The summed E-state index contributed by atoms with van der Waals surface area (Å²) in [6.45, 7) is 2.42. The van der Waals surface area contributed by atoms with Gasteiger partial charge in [0.25, 0.3) is 5.91 Å². The molecule has 0 unspecified atom stereocenters. The highest BCUT2D eigenvalue weighted by Gasteiger charge is 2.80. The lowest BCUT2D eigenvalue weighted by molar-refractivity contribution is -0.148. The number of allylic oxidation sites excluding steroid dienone is 1.